The van der Waals surface area contributed by atoms with E-state index in [4.69, 9.17) is 11.0 Å². The lowest BCUT2D eigenvalue weighted by Crippen LogP contribution is -2.07. The zero-order valence-electron chi connectivity index (χ0n) is 7.33. The lowest BCUT2D eigenvalue weighted by atomic mass is 10.0. The summed E-state index contributed by atoms with van der Waals surface area (Å²) in [4.78, 5) is 0. The van der Waals surface area contributed by atoms with Gasteiger partial charge in [0.2, 0.25) is 0 Å². The van der Waals surface area contributed by atoms with Crippen molar-refractivity contribution in [3.8, 4) is 6.07 Å². The third-order valence-electron chi connectivity index (χ3n) is 1.74. The van der Waals surface area contributed by atoms with Gasteiger partial charge in [0.25, 0.3) is 0 Å². The van der Waals surface area contributed by atoms with Crippen molar-refractivity contribution in [2.24, 2.45) is 5.73 Å². The van der Waals surface area contributed by atoms with E-state index in [1.54, 1.807) is 0 Å². The number of nitriles is 1. The van der Waals surface area contributed by atoms with E-state index >= 15 is 0 Å². The zero-order chi connectivity index (χ0) is 9.14. The molecular formula is C10H12N2. The molecule has 0 heterocycles. The molecule has 0 saturated carbocycles. The predicted octanol–water partition coefficient (Wildman–Crippen LogP) is 1.83. The minimum Gasteiger partial charge on any atom is -0.312 e. The first-order chi connectivity index (χ1) is 5.63. The van der Waals surface area contributed by atoms with Gasteiger partial charge in [-0.2, -0.15) is 5.26 Å². The molecule has 0 aliphatic heterocycles. The molecule has 2 heteroatoms. The molecule has 62 valence electrons. The summed E-state index contributed by atoms with van der Waals surface area (Å²) in [6, 6.07) is 7.47. The summed E-state index contributed by atoms with van der Waals surface area (Å²) in [5.74, 6) is 0. The number of hydrogen-bond donors (Lipinski definition) is 1. The van der Waals surface area contributed by atoms with Crippen molar-refractivity contribution in [3.63, 3.8) is 0 Å². The largest absolute Gasteiger partial charge is 0.312 e. The molecule has 1 aromatic carbocycles. The lowest BCUT2D eigenvalue weighted by molar-refractivity contribution is 0.921. The van der Waals surface area contributed by atoms with Gasteiger partial charge in [-0.15, -0.1) is 0 Å². The smallest absolute Gasteiger partial charge is 0.118 e. The fraction of sp³-hybridized carbons (Fsp3) is 0.300. The van der Waals surface area contributed by atoms with Crippen LogP contribution in [0.25, 0.3) is 0 Å². The minimum absolute atomic E-state index is 0.497. The van der Waals surface area contributed by atoms with Gasteiger partial charge >= 0.3 is 0 Å². The summed E-state index contributed by atoms with van der Waals surface area (Å²) in [5, 5.41) is 8.59. The summed E-state index contributed by atoms with van der Waals surface area (Å²) >= 11 is 0. The number of nitrogens with zero attached hydrogens (tertiary/aromatic N) is 1. The van der Waals surface area contributed by atoms with E-state index in [1.165, 1.54) is 0 Å². The van der Waals surface area contributed by atoms with Crippen LogP contribution in [0.2, 0.25) is 0 Å². The molecule has 1 aromatic rings. The molecule has 0 aromatic heterocycles. The van der Waals surface area contributed by atoms with Crippen molar-refractivity contribution in [2.45, 2.75) is 19.9 Å². The maximum absolute atomic E-state index is 8.59. The minimum atomic E-state index is -0.497. The number of benzene rings is 1. The average Bonchev–Trinajstić information content (AvgIpc) is 2.01. The van der Waals surface area contributed by atoms with Gasteiger partial charge in [-0.25, -0.2) is 0 Å². The van der Waals surface area contributed by atoms with Gasteiger partial charge in [-0.3, -0.25) is 0 Å². The number of aryl methyl sites for hydroxylation is 2. The summed E-state index contributed by atoms with van der Waals surface area (Å²) in [6.45, 7) is 4.00. The van der Waals surface area contributed by atoms with E-state index in [1.807, 2.05) is 32.0 Å². The van der Waals surface area contributed by atoms with Crippen LogP contribution < -0.4 is 5.73 Å². The van der Waals surface area contributed by atoms with Crippen LogP contribution in [0.4, 0.5) is 0 Å². The molecular weight excluding hydrogens is 148 g/mol. The summed E-state index contributed by atoms with van der Waals surface area (Å²) in [7, 11) is 0. The van der Waals surface area contributed by atoms with Crippen LogP contribution in [0.3, 0.4) is 0 Å². The Labute approximate surface area is 72.6 Å². The maximum atomic E-state index is 8.59. The number of rotatable bonds is 1. The molecule has 0 saturated heterocycles. The number of hydrogen-bond acceptors (Lipinski definition) is 2. The van der Waals surface area contributed by atoms with Gasteiger partial charge in [-0.1, -0.05) is 29.3 Å². The molecule has 2 N–H and O–H groups in total. The van der Waals surface area contributed by atoms with Crippen LogP contribution in [0.5, 0.6) is 0 Å². The van der Waals surface area contributed by atoms with Crippen molar-refractivity contribution in [1.82, 2.24) is 0 Å². The van der Waals surface area contributed by atoms with Crippen LogP contribution in [0.1, 0.15) is 22.7 Å². The van der Waals surface area contributed by atoms with Gasteiger partial charge in [0.05, 0.1) is 6.07 Å². The van der Waals surface area contributed by atoms with Crippen LogP contribution in [-0.4, -0.2) is 0 Å². The number of nitrogens with two attached hydrogens (primary N) is 1. The Morgan fingerprint density at radius 1 is 1.25 bits per heavy atom. The lowest BCUT2D eigenvalue weighted by Gasteiger charge is -2.05. The van der Waals surface area contributed by atoms with Crippen LogP contribution in [0.15, 0.2) is 18.2 Å². The highest BCUT2D eigenvalue weighted by atomic mass is 14.6. The predicted molar refractivity (Wildman–Crippen MR) is 48.5 cm³/mol. The normalized spacial score (nSPS) is 12.2. The summed E-state index contributed by atoms with van der Waals surface area (Å²) < 4.78 is 0. The van der Waals surface area contributed by atoms with Crippen molar-refractivity contribution in [3.05, 3.63) is 34.9 Å². The molecule has 0 radical (unpaired) electrons. The SMILES string of the molecule is Cc1cc(C)cc([C@H](N)C#N)c1. The van der Waals surface area contributed by atoms with E-state index in [0.29, 0.717) is 0 Å². The molecule has 0 bridgehead atoms. The fourth-order valence-corrected chi connectivity index (χ4v) is 1.26. The third kappa shape index (κ3) is 1.84. The van der Waals surface area contributed by atoms with E-state index in [2.05, 4.69) is 6.07 Å². The second kappa shape index (κ2) is 3.38. The zero-order valence-corrected chi connectivity index (χ0v) is 7.33. The monoisotopic (exact) mass is 160 g/mol. The molecule has 0 amide bonds. The van der Waals surface area contributed by atoms with Gasteiger partial charge in [-0.05, 0) is 19.4 Å². The first-order valence-electron chi connectivity index (χ1n) is 3.87. The van der Waals surface area contributed by atoms with E-state index < -0.39 is 6.04 Å². The molecule has 0 aliphatic carbocycles. The van der Waals surface area contributed by atoms with Gasteiger partial charge in [0, 0.05) is 0 Å². The van der Waals surface area contributed by atoms with Crippen LogP contribution in [-0.2, 0) is 0 Å². The molecule has 1 atom stereocenters. The molecule has 0 spiro atoms. The van der Waals surface area contributed by atoms with Crippen molar-refractivity contribution in [2.75, 3.05) is 0 Å². The topological polar surface area (TPSA) is 49.8 Å². The average molecular weight is 160 g/mol. The van der Waals surface area contributed by atoms with Crippen molar-refractivity contribution < 1.29 is 0 Å². The standard InChI is InChI=1S/C10H12N2/c1-7-3-8(2)5-9(4-7)10(12)6-11/h3-5,10H,12H2,1-2H3/t10-/m1/s1. The van der Waals surface area contributed by atoms with Gasteiger partial charge < -0.3 is 5.73 Å². The Balaban J connectivity index is 3.10. The Morgan fingerprint density at radius 2 is 1.75 bits per heavy atom. The second-order valence-corrected chi connectivity index (χ2v) is 3.03. The Hall–Kier alpha value is -1.33. The first-order valence-corrected chi connectivity index (χ1v) is 3.87. The van der Waals surface area contributed by atoms with Crippen LogP contribution >= 0.6 is 0 Å². The van der Waals surface area contributed by atoms with Crippen LogP contribution in [0, 0.1) is 25.2 Å². The third-order valence-corrected chi connectivity index (χ3v) is 1.74. The Bertz CT molecular complexity index is 303. The van der Waals surface area contributed by atoms with Gasteiger partial charge in [0.15, 0.2) is 0 Å². The molecule has 1 rings (SSSR count). The summed E-state index contributed by atoms with van der Waals surface area (Å²) in [6.07, 6.45) is 0. The van der Waals surface area contributed by atoms with Crippen molar-refractivity contribution in [1.29, 1.82) is 5.26 Å². The second-order valence-electron chi connectivity index (χ2n) is 3.03. The van der Waals surface area contributed by atoms with Gasteiger partial charge in [0.1, 0.15) is 6.04 Å². The highest BCUT2D eigenvalue weighted by Gasteiger charge is 2.03. The molecule has 2 nitrogen and oxygen atoms in total. The Morgan fingerprint density at radius 3 is 2.17 bits per heavy atom. The molecule has 12 heavy (non-hydrogen) atoms. The highest BCUT2D eigenvalue weighted by Crippen LogP contribution is 2.13. The van der Waals surface area contributed by atoms with Crippen molar-refractivity contribution >= 4 is 0 Å². The highest BCUT2D eigenvalue weighted by molar-refractivity contribution is 5.32. The Kier molecular flexibility index (Phi) is 2.47. The maximum Gasteiger partial charge on any atom is 0.118 e. The first kappa shape index (κ1) is 8.76. The van der Waals surface area contributed by atoms with E-state index in [9.17, 15) is 0 Å². The summed E-state index contributed by atoms with van der Waals surface area (Å²) in [5.41, 5.74) is 8.77. The fourth-order valence-electron chi connectivity index (χ4n) is 1.26. The van der Waals surface area contributed by atoms with E-state index in [0.717, 1.165) is 16.7 Å². The quantitative estimate of drug-likeness (QED) is 0.681. The molecule has 0 unspecified atom stereocenters. The molecule has 0 fully saturated rings. The molecule has 0 aliphatic rings. The van der Waals surface area contributed by atoms with E-state index in [-0.39, 0.29) is 0 Å².